The number of halogens is 2. The summed E-state index contributed by atoms with van der Waals surface area (Å²) in [7, 11) is 2.03. The number of nitrogens with one attached hydrogen (secondary N) is 2. The molecule has 12 atom stereocenters. The van der Waals surface area contributed by atoms with Gasteiger partial charge in [0, 0.05) is 54.4 Å². The first-order valence-electron chi connectivity index (χ1n) is 30.2. The molecule has 5 aliphatic heterocycles. The summed E-state index contributed by atoms with van der Waals surface area (Å²) in [4.78, 5) is 61.6. The molecule has 20 heteroatoms. The highest BCUT2D eigenvalue weighted by atomic mass is 127. The molecule has 5 aliphatic rings. The lowest BCUT2D eigenvalue weighted by Gasteiger charge is -2.40. The van der Waals surface area contributed by atoms with Gasteiger partial charge in [-0.1, -0.05) is 105 Å². The summed E-state index contributed by atoms with van der Waals surface area (Å²) in [6.45, 7) is 20.0. The largest absolute Gasteiger partial charge is 0.464 e. The number of ether oxygens (including phenoxy) is 2. The molecule has 1 aromatic heterocycles. The number of rotatable bonds is 17. The smallest absolute Gasteiger partial charge is 0.326 e. The number of nitrogens with zero attached hydrogens (tertiary/aromatic N) is 4. The molecule has 0 aliphatic carbocycles. The van der Waals surface area contributed by atoms with E-state index < -0.39 is 38.7 Å². The van der Waals surface area contributed by atoms with Gasteiger partial charge in [-0.05, 0) is 181 Å². The van der Waals surface area contributed by atoms with Crippen LogP contribution < -0.4 is 5.32 Å². The maximum atomic E-state index is 13.7. The highest BCUT2D eigenvalue weighted by molar-refractivity contribution is 14.1. The third kappa shape index (κ3) is 16.7. The Hall–Kier alpha value is -5.11. The monoisotopic (exact) mass is 1440 g/mol. The Morgan fingerprint density at radius 2 is 1.17 bits per heavy atom. The fourth-order valence-corrected chi connectivity index (χ4v) is 13.9. The molecule has 0 bridgehead atoms. The highest BCUT2D eigenvalue weighted by Gasteiger charge is 2.56. The van der Waals surface area contributed by atoms with Crippen LogP contribution in [0.1, 0.15) is 74.9 Å². The minimum absolute atomic E-state index is 0.0149. The zero-order chi connectivity index (χ0) is 63.0. The van der Waals surface area contributed by atoms with E-state index in [1.54, 1.807) is 29.0 Å². The number of carbonyl (C=O) groups is 3. The lowest BCUT2D eigenvalue weighted by Crippen LogP contribution is -2.49. The zero-order valence-corrected chi connectivity index (χ0v) is 57.2. The van der Waals surface area contributed by atoms with Crippen LogP contribution in [0.5, 0.6) is 0 Å². The molecule has 0 saturated carbocycles. The molecule has 4 N–H and O–H groups in total. The van der Waals surface area contributed by atoms with Crippen molar-refractivity contribution in [2.75, 3.05) is 40.4 Å². The van der Waals surface area contributed by atoms with Crippen molar-refractivity contribution in [1.29, 1.82) is 0 Å². The predicted molar refractivity (Wildman–Crippen MR) is 357 cm³/mol. The van der Waals surface area contributed by atoms with E-state index in [-0.39, 0.29) is 65.0 Å². The van der Waals surface area contributed by atoms with Crippen LogP contribution in [0, 0.1) is 36.7 Å². The third-order valence-corrected chi connectivity index (χ3v) is 23.3. The average molecular weight is 1440 g/mol. The molecule has 1 amide bonds. The number of amides is 1. The van der Waals surface area contributed by atoms with Crippen LogP contribution in [0.4, 0.5) is 0 Å². The van der Waals surface area contributed by atoms with E-state index in [0.717, 1.165) is 36.9 Å². The molecule has 6 aromatic rings. The molecular weight excluding hydrogens is 1360 g/mol. The number of hydroxylamine groups is 6. The second kappa shape index (κ2) is 29.9. The fourth-order valence-electron chi connectivity index (χ4n) is 11.8. The van der Waals surface area contributed by atoms with Crippen molar-refractivity contribution in [2.45, 2.75) is 140 Å². The van der Waals surface area contributed by atoms with Crippen LogP contribution in [-0.2, 0) is 68.9 Å². The number of cyclic esters (lactones) is 2. The van der Waals surface area contributed by atoms with E-state index in [0.29, 0.717) is 52.4 Å². The molecule has 11 rings (SSSR count). The maximum Gasteiger partial charge on any atom is 0.326 e. The van der Waals surface area contributed by atoms with Gasteiger partial charge in [0.05, 0.1) is 63.0 Å². The van der Waals surface area contributed by atoms with Crippen molar-refractivity contribution >= 4 is 82.2 Å². The van der Waals surface area contributed by atoms with E-state index in [4.69, 9.17) is 28.4 Å². The molecule has 0 unspecified atom stereocenters. The van der Waals surface area contributed by atoms with Crippen LogP contribution in [0.3, 0.4) is 0 Å². The van der Waals surface area contributed by atoms with Gasteiger partial charge in [0.25, 0.3) is 0 Å². The van der Waals surface area contributed by atoms with Crippen LogP contribution in [0.2, 0.25) is 18.1 Å². The molecule has 5 saturated heterocycles. The van der Waals surface area contributed by atoms with Crippen molar-refractivity contribution in [1.82, 2.24) is 30.4 Å². The Kier molecular flexibility index (Phi) is 22.9. The number of hydrogen-bond donors (Lipinski definition) is 4. The maximum absolute atomic E-state index is 13.7. The summed E-state index contributed by atoms with van der Waals surface area (Å²) in [5, 5.41) is 30.0. The van der Waals surface area contributed by atoms with Gasteiger partial charge in [0.15, 0.2) is 8.32 Å². The first-order valence-corrected chi connectivity index (χ1v) is 35.3. The van der Waals surface area contributed by atoms with Crippen LogP contribution in [-0.4, -0.2) is 157 Å². The number of carbonyl (C=O) groups excluding carboxylic acids is 3. The van der Waals surface area contributed by atoms with Gasteiger partial charge in [-0.15, -0.1) is 0 Å². The molecule has 6 heterocycles. The Morgan fingerprint density at radius 3 is 1.70 bits per heavy atom. The minimum atomic E-state index is -1.92. The molecule has 5 aromatic carbocycles. The SMILES string of the molecule is C[C@H](O)[C@@H]1ON(Cc2ccc(C#Cc3ccccc3)cc2)[C@H](C(=O)NCCc2c[nH]c3ccccc23)[C@@H]1CN(C)C.C[C@H](O)[C@@H]1ON(Cc2ccc(I)cc2)[C@@H]2C(=O)OC[C@H]12.C[C@H](O[Si](C)(C)C(C)(C)C)[C@@H]1ON(Cc2ccc(I)cc2)[C@@H]2C(=O)OC[C@H]12. The summed E-state index contributed by atoms with van der Waals surface area (Å²) in [5.41, 5.74) is 7.33. The third-order valence-electron chi connectivity index (χ3n) is 17.3. The lowest BCUT2D eigenvalue weighted by molar-refractivity contribution is -0.202. The van der Waals surface area contributed by atoms with Crippen molar-refractivity contribution in [3.8, 4) is 11.8 Å². The average Bonchev–Trinajstić information content (AvgIpc) is 2.43. The summed E-state index contributed by atoms with van der Waals surface area (Å²) in [5.74, 6) is 5.57. The van der Waals surface area contributed by atoms with Crippen LogP contribution in [0.25, 0.3) is 10.9 Å². The summed E-state index contributed by atoms with van der Waals surface area (Å²) < 4.78 is 19.4. The van der Waals surface area contributed by atoms with E-state index in [1.165, 1.54) is 14.5 Å². The number of fused-ring (bicyclic) bond motifs is 3. The second-order valence-corrected chi connectivity index (χ2v) is 32.6. The second-order valence-electron chi connectivity index (χ2n) is 25.3. The lowest BCUT2D eigenvalue weighted by atomic mass is 9.90. The van der Waals surface area contributed by atoms with Crippen molar-refractivity contribution in [3.63, 3.8) is 0 Å². The fraction of sp³-hybridized carbons (Fsp3) is 0.456. The first-order chi connectivity index (χ1) is 41.9. The number of esters is 2. The van der Waals surface area contributed by atoms with Crippen molar-refractivity contribution < 1.29 is 53.0 Å². The van der Waals surface area contributed by atoms with Crippen molar-refractivity contribution in [3.05, 3.63) is 174 Å². The number of benzene rings is 5. The number of aromatic amines is 1. The molecule has 0 spiro atoms. The first kappa shape index (κ1) is 67.3. The molecule has 470 valence electrons. The Labute approximate surface area is 546 Å². The van der Waals surface area contributed by atoms with Crippen LogP contribution in [0.15, 0.2) is 134 Å². The normalized spacial score (nSPS) is 24.7. The number of para-hydroxylation sites is 1. The molecule has 17 nitrogen and oxygen atoms in total. The Bertz CT molecular complexity index is 3350. The van der Waals surface area contributed by atoms with Gasteiger partial charge in [0.2, 0.25) is 5.91 Å². The van der Waals surface area contributed by atoms with Gasteiger partial charge in [-0.25, -0.2) is 0 Å². The van der Waals surface area contributed by atoms with Crippen molar-refractivity contribution in [2.24, 2.45) is 17.8 Å². The number of aliphatic hydroxyl groups is 2. The number of aromatic nitrogens is 1. The molecule has 5 fully saturated rings. The van der Waals surface area contributed by atoms with E-state index >= 15 is 0 Å². The molecule has 88 heavy (non-hydrogen) atoms. The number of aliphatic hydroxyl groups excluding tert-OH is 2. The highest BCUT2D eigenvalue weighted by Crippen LogP contribution is 2.42. The Morgan fingerprint density at radius 1 is 0.693 bits per heavy atom. The van der Waals surface area contributed by atoms with E-state index in [9.17, 15) is 24.6 Å². The van der Waals surface area contributed by atoms with Gasteiger partial charge in [0.1, 0.15) is 36.4 Å². The van der Waals surface area contributed by atoms with Gasteiger partial charge in [-0.3, -0.25) is 28.9 Å². The minimum Gasteiger partial charge on any atom is -0.464 e. The van der Waals surface area contributed by atoms with E-state index in [1.807, 2.05) is 116 Å². The topological polar surface area (TPSA) is 188 Å². The summed E-state index contributed by atoms with van der Waals surface area (Å²) in [6.07, 6.45) is 0.254. The predicted octanol–water partition coefficient (Wildman–Crippen LogP) is 9.66. The van der Waals surface area contributed by atoms with Gasteiger partial charge in [-0.2, -0.15) is 15.2 Å². The number of H-pyrrole nitrogens is 1. The van der Waals surface area contributed by atoms with Gasteiger partial charge >= 0.3 is 11.9 Å². The van der Waals surface area contributed by atoms with Crippen LogP contribution >= 0.6 is 45.2 Å². The molecule has 0 radical (unpaired) electrons. The summed E-state index contributed by atoms with van der Waals surface area (Å²) in [6, 6.07) is 41.1. The number of hydrogen-bond acceptors (Lipinski definition) is 15. The quantitative estimate of drug-likeness (QED) is 0.0292. The Balaban J connectivity index is 0.000000169. The zero-order valence-electron chi connectivity index (χ0n) is 51.9. The van der Waals surface area contributed by atoms with E-state index in [2.05, 4.69) is 145 Å². The standard InChI is InChI=1S/C34H38N4O3.C20H30INO4Si.C14H16INO4/c1-24(39)33-30(23-37(2)3)32(34(40)35-20-19-28-21-36-31-12-8-7-11-29(28)31)38(41-33)22-27-17-15-26(16-18-27)14-13-25-9-5-4-6-10-25;1-13(26-27(5,6)20(2,3)4)18-16-12-24-19(23)17(16)22(25-18)11-14-7-9-15(21)10-8-14;1-8(17)13-11-7-19-14(18)12(11)16(20-13)6-9-2-4-10(15)5-3-9/h4-12,15-18,21,24,30,32-33,36,39H,19-20,22-23H2,1-3H3,(H,35,40);7-10,13,16-18H,11-12H2,1-6H3;2-5,8,11-13,17H,6-7H2,1H3/t24-,30-,32-,33-;13-,16-,17-,18-;8-,11-,12-,13-/m000/s1. The summed E-state index contributed by atoms with van der Waals surface area (Å²) >= 11 is 4.54. The van der Waals surface area contributed by atoms with Gasteiger partial charge < -0.3 is 39.3 Å². The molecular formula is C68H84I2N6O11Si.